The van der Waals surface area contributed by atoms with Gasteiger partial charge in [-0.2, -0.15) is 8.42 Å². The monoisotopic (exact) mass is 296 g/mol. The Morgan fingerprint density at radius 1 is 1.25 bits per heavy atom. The van der Waals surface area contributed by atoms with Gasteiger partial charge in [0.1, 0.15) is 0 Å². The summed E-state index contributed by atoms with van der Waals surface area (Å²) in [6.45, 7) is 2.14. The molecule has 0 fully saturated rings. The minimum atomic E-state index is -3.65. The summed E-state index contributed by atoms with van der Waals surface area (Å²) in [6.07, 6.45) is 4.54. The van der Waals surface area contributed by atoms with Crippen LogP contribution in [0, 0.1) is 12.8 Å². The highest BCUT2D eigenvalue weighted by Crippen LogP contribution is 2.25. The molecule has 0 bridgehead atoms. The van der Waals surface area contributed by atoms with Crippen molar-refractivity contribution in [3.8, 4) is 0 Å². The number of rotatable bonds is 5. The standard InChI is InChI=1S/C15H20O4S/c1-12-3-9-15(10-4-12)20(16,17)19-11-13-5-7-14(18-2)8-6-13/h3-4,7,9-10,13H,5-6,8,11H2,1-2H3. The van der Waals surface area contributed by atoms with Crippen molar-refractivity contribution in [2.45, 2.75) is 31.1 Å². The van der Waals surface area contributed by atoms with Gasteiger partial charge in [-0.15, -0.1) is 0 Å². The van der Waals surface area contributed by atoms with E-state index in [0.29, 0.717) is 0 Å². The lowest BCUT2D eigenvalue weighted by Gasteiger charge is -2.20. The first kappa shape index (κ1) is 15.1. The van der Waals surface area contributed by atoms with E-state index in [0.717, 1.165) is 30.6 Å². The van der Waals surface area contributed by atoms with Gasteiger partial charge in [0.15, 0.2) is 0 Å². The van der Waals surface area contributed by atoms with E-state index in [9.17, 15) is 8.42 Å². The summed E-state index contributed by atoms with van der Waals surface area (Å²) < 4.78 is 34.4. The number of hydrogen-bond acceptors (Lipinski definition) is 4. The summed E-state index contributed by atoms with van der Waals surface area (Å²) >= 11 is 0. The van der Waals surface area contributed by atoms with E-state index in [1.165, 1.54) is 0 Å². The highest BCUT2D eigenvalue weighted by Gasteiger charge is 2.20. The van der Waals surface area contributed by atoms with Crippen molar-refractivity contribution in [1.29, 1.82) is 0 Å². The summed E-state index contributed by atoms with van der Waals surface area (Å²) in [5.74, 6) is 1.21. The third-order valence-corrected chi connectivity index (χ3v) is 4.80. The van der Waals surface area contributed by atoms with E-state index in [1.54, 1.807) is 31.4 Å². The number of allylic oxidation sites excluding steroid dienone is 2. The maximum Gasteiger partial charge on any atom is 0.296 e. The molecule has 4 nitrogen and oxygen atoms in total. The fourth-order valence-corrected chi connectivity index (χ4v) is 3.14. The van der Waals surface area contributed by atoms with E-state index in [2.05, 4.69) is 0 Å². The highest BCUT2D eigenvalue weighted by atomic mass is 32.2. The predicted molar refractivity (Wildman–Crippen MR) is 76.7 cm³/mol. The minimum Gasteiger partial charge on any atom is -0.501 e. The van der Waals surface area contributed by atoms with Crippen LogP contribution in [0.25, 0.3) is 0 Å². The molecule has 1 unspecified atom stereocenters. The van der Waals surface area contributed by atoms with Crippen LogP contribution in [0.2, 0.25) is 0 Å². The van der Waals surface area contributed by atoms with Crippen LogP contribution in [0.15, 0.2) is 41.0 Å². The van der Waals surface area contributed by atoms with Crippen LogP contribution in [0.4, 0.5) is 0 Å². The average molecular weight is 296 g/mol. The van der Waals surface area contributed by atoms with Gasteiger partial charge in [-0.05, 0) is 43.9 Å². The Bertz CT molecular complexity index is 572. The largest absolute Gasteiger partial charge is 0.501 e. The van der Waals surface area contributed by atoms with E-state index >= 15 is 0 Å². The Morgan fingerprint density at radius 3 is 2.50 bits per heavy atom. The van der Waals surface area contributed by atoms with Gasteiger partial charge in [0.2, 0.25) is 0 Å². The van der Waals surface area contributed by atoms with Crippen molar-refractivity contribution in [3.05, 3.63) is 41.7 Å². The third-order valence-electron chi connectivity index (χ3n) is 3.51. The maximum atomic E-state index is 12.0. The molecular formula is C15H20O4S. The summed E-state index contributed by atoms with van der Waals surface area (Å²) in [4.78, 5) is 0.215. The normalized spacial score (nSPS) is 19.5. The zero-order valence-electron chi connectivity index (χ0n) is 11.8. The van der Waals surface area contributed by atoms with Crippen LogP contribution < -0.4 is 0 Å². The molecule has 0 saturated carbocycles. The Labute approximate surface area is 120 Å². The molecule has 0 N–H and O–H groups in total. The fraction of sp³-hybridized carbons (Fsp3) is 0.467. The van der Waals surface area contributed by atoms with Crippen molar-refractivity contribution in [1.82, 2.24) is 0 Å². The summed E-state index contributed by atoms with van der Waals surface area (Å²) in [5.41, 5.74) is 1.02. The molecule has 1 aromatic rings. The van der Waals surface area contributed by atoms with E-state index in [1.807, 2.05) is 13.0 Å². The fourth-order valence-electron chi connectivity index (χ4n) is 2.16. The second kappa shape index (κ2) is 6.41. The Kier molecular flexibility index (Phi) is 4.83. The molecule has 1 aliphatic carbocycles. The Hall–Kier alpha value is -1.33. The second-order valence-corrected chi connectivity index (χ2v) is 6.68. The van der Waals surface area contributed by atoms with Crippen molar-refractivity contribution >= 4 is 10.1 Å². The molecule has 0 aromatic heterocycles. The molecule has 0 aliphatic heterocycles. The van der Waals surface area contributed by atoms with Gasteiger partial charge in [0, 0.05) is 6.42 Å². The number of ether oxygens (including phenoxy) is 1. The zero-order valence-corrected chi connectivity index (χ0v) is 12.7. The minimum absolute atomic E-state index is 0.215. The van der Waals surface area contributed by atoms with E-state index < -0.39 is 10.1 Å². The lowest BCUT2D eigenvalue weighted by molar-refractivity contribution is 0.212. The summed E-state index contributed by atoms with van der Waals surface area (Å²) in [6, 6.07) is 6.69. The first-order valence-electron chi connectivity index (χ1n) is 6.70. The molecule has 0 amide bonds. The number of benzene rings is 1. The third kappa shape index (κ3) is 3.84. The van der Waals surface area contributed by atoms with Crippen molar-refractivity contribution in [3.63, 3.8) is 0 Å². The number of hydrogen-bond donors (Lipinski definition) is 0. The molecule has 2 rings (SSSR count). The highest BCUT2D eigenvalue weighted by molar-refractivity contribution is 7.86. The van der Waals surface area contributed by atoms with Crippen molar-refractivity contribution in [2.75, 3.05) is 13.7 Å². The molecule has 0 heterocycles. The molecule has 20 heavy (non-hydrogen) atoms. The molecule has 1 aliphatic rings. The van der Waals surface area contributed by atoms with Gasteiger partial charge in [0.05, 0.1) is 24.4 Å². The van der Waals surface area contributed by atoms with Gasteiger partial charge in [-0.3, -0.25) is 4.18 Å². The molecule has 0 saturated heterocycles. The predicted octanol–water partition coefficient (Wildman–Crippen LogP) is 3.03. The number of aryl methyl sites for hydroxylation is 1. The van der Waals surface area contributed by atoms with Gasteiger partial charge in [-0.1, -0.05) is 17.7 Å². The number of methoxy groups -OCH3 is 1. The molecule has 5 heteroatoms. The summed E-state index contributed by atoms with van der Waals surface area (Å²) in [7, 11) is -1.99. The molecule has 1 aromatic carbocycles. The lowest BCUT2D eigenvalue weighted by Crippen LogP contribution is -2.17. The first-order chi connectivity index (χ1) is 9.51. The van der Waals surface area contributed by atoms with Gasteiger partial charge in [-0.25, -0.2) is 0 Å². The molecule has 0 radical (unpaired) electrons. The summed E-state index contributed by atoms with van der Waals surface area (Å²) in [5, 5.41) is 0. The van der Waals surface area contributed by atoms with Gasteiger partial charge < -0.3 is 4.74 Å². The molecule has 110 valence electrons. The Morgan fingerprint density at radius 2 is 1.95 bits per heavy atom. The Balaban J connectivity index is 1.93. The smallest absolute Gasteiger partial charge is 0.296 e. The maximum absolute atomic E-state index is 12.0. The van der Waals surface area contributed by atoms with E-state index in [4.69, 9.17) is 8.92 Å². The first-order valence-corrected chi connectivity index (χ1v) is 8.11. The average Bonchev–Trinajstić information content (AvgIpc) is 2.46. The second-order valence-electron chi connectivity index (χ2n) is 5.07. The molecule has 0 spiro atoms. The van der Waals surface area contributed by atoms with Crippen LogP contribution in [0.1, 0.15) is 24.8 Å². The van der Waals surface area contributed by atoms with Crippen molar-refractivity contribution < 1.29 is 17.3 Å². The van der Waals surface area contributed by atoms with Crippen LogP contribution in [0.3, 0.4) is 0 Å². The van der Waals surface area contributed by atoms with Crippen LogP contribution in [-0.2, 0) is 19.0 Å². The van der Waals surface area contributed by atoms with Crippen molar-refractivity contribution in [2.24, 2.45) is 5.92 Å². The quantitative estimate of drug-likeness (QED) is 0.784. The van der Waals surface area contributed by atoms with E-state index in [-0.39, 0.29) is 17.4 Å². The molecular weight excluding hydrogens is 276 g/mol. The molecule has 1 atom stereocenters. The SMILES string of the molecule is COC1=CCC(COS(=O)(=O)c2ccc(C)cc2)CC1. The van der Waals surface area contributed by atoms with Gasteiger partial charge in [0.25, 0.3) is 10.1 Å². The van der Waals surface area contributed by atoms with Crippen LogP contribution in [0.5, 0.6) is 0 Å². The van der Waals surface area contributed by atoms with Gasteiger partial charge >= 0.3 is 0 Å². The van der Waals surface area contributed by atoms with Crippen LogP contribution >= 0.6 is 0 Å². The topological polar surface area (TPSA) is 52.6 Å². The lowest BCUT2D eigenvalue weighted by atomic mass is 9.94. The zero-order chi connectivity index (χ0) is 14.6. The van der Waals surface area contributed by atoms with Crippen LogP contribution in [-0.4, -0.2) is 22.1 Å².